The number of hydrogen-bond acceptors (Lipinski definition) is 5. The molecule has 0 saturated heterocycles. The number of anilines is 1. The van der Waals surface area contributed by atoms with Crippen molar-refractivity contribution in [3.8, 4) is 0 Å². The van der Waals surface area contributed by atoms with E-state index in [9.17, 15) is 14.4 Å². The normalized spacial score (nSPS) is 10.7. The Morgan fingerprint density at radius 2 is 1.77 bits per heavy atom. The summed E-state index contributed by atoms with van der Waals surface area (Å²) in [5.74, 6) is -1.43. The average Bonchev–Trinajstić information content (AvgIpc) is 3.28. The number of imidazole rings is 1. The molecule has 0 bridgehead atoms. The Morgan fingerprint density at radius 1 is 1.07 bits per heavy atom. The van der Waals surface area contributed by atoms with Gasteiger partial charge in [-0.15, -0.1) is 0 Å². The van der Waals surface area contributed by atoms with Crippen LogP contribution in [0.2, 0.25) is 0 Å². The summed E-state index contributed by atoms with van der Waals surface area (Å²) in [7, 11) is 1.74. The number of carbonyl (C=O) groups excluding carboxylic acids is 3. The van der Waals surface area contributed by atoms with Crippen molar-refractivity contribution in [3.63, 3.8) is 0 Å². The maximum atomic E-state index is 12.4. The largest absolute Gasteiger partial charge is 0.344 e. The molecule has 2 amide bonds. The second-order valence-corrected chi connectivity index (χ2v) is 6.87. The van der Waals surface area contributed by atoms with Crippen LogP contribution < -0.4 is 10.6 Å². The Balaban J connectivity index is 1.59. The molecule has 9 nitrogen and oxygen atoms in total. The molecule has 0 radical (unpaired) electrons. The zero-order valence-corrected chi connectivity index (χ0v) is 17.4. The monoisotopic (exact) mass is 408 g/mol. The van der Waals surface area contributed by atoms with Crippen molar-refractivity contribution in [2.24, 2.45) is 7.05 Å². The van der Waals surface area contributed by atoms with E-state index in [1.807, 2.05) is 25.5 Å². The average molecular weight is 408 g/mol. The SMILES string of the molecule is CCn1nc(C)c(CNC(=O)C(=O)Nc2ccc(C(=O)c3nccn3C)cc2)c1C. The molecular formula is C21H24N6O3. The lowest BCUT2D eigenvalue weighted by Gasteiger charge is -2.08. The Hall–Kier alpha value is -3.75. The highest BCUT2D eigenvalue weighted by molar-refractivity contribution is 6.39. The molecule has 0 aliphatic rings. The summed E-state index contributed by atoms with van der Waals surface area (Å²) in [6.07, 6.45) is 3.24. The third-order valence-corrected chi connectivity index (χ3v) is 4.89. The number of amides is 2. The van der Waals surface area contributed by atoms with Crippen molar-refractivity contribution >= 4 is 23.3 Å². The fourth-order valence-electron chi connectivity index (χ4n) is 3.15. The molecular weight excluding hydrogens is 384 g/mol. The van der Waals surface area contributed by atoms with Gasteiger partial charge in [0.2, 0.25) is 5.78 Å². The van der Waals surface area contributed by atoms with Gasteiger partial charge in [0.25, 0.3) is 0 Å². The number of benzene rings is 1. The highest BCUT2D eigenvalue weighted by Gasteiger charge is 2.17. The molecule has 0 atom stereocenters. The lowest BCUT2D eigenvalue weighted by molar-refractivity contribution is -0.136. The van der Waals surface area contributed by atoms with Gasteiger partial charge < -0.3 is 15.2 Å². The number of rotatable bonds is 6. The lowest BCUT2D eigenvalue weighted by Crippen LogP contribution is -2.35. The quantitative estimate of drug-likeness (QED) is 0.477. The first-order valence-electron chi connectivity index (χ1n) is 9.56. The summed E-state index contributed by atoms with van der Waals surface area (Å²) in [6, 6.07) is 6.30. The van der Waals surface area contributed by atoms with E-state index in [0.717, 1.165) is 23.5 Å². The molecule has 3 aromatic rings. The molecule has 2 aromatic heterocycles. The second-order valence-electron chi connectivity index (χ2n) is 6.87. The molecule has 9 heteroatoms. The van der Waals surface area contributed by atoms with Crippen molar-refractivity contribution in [1.82, 2.24) is 24.6 Å². The molecule has 0 aliphatic carbocycles. The van der Waals surface area contributed by atoms with Gasteiger partial charge >= 0.3 is 11.8 Å². The smallest absolute Gasteiger partial charge is 0.313 e. The number of hydrogen-bond donors (Lipinski definition) is 2. The molecule has 3 rings (SSSR count). The van der Waals surface area contributed by atoms with Gasteiger partial charge in [-0.25, -0.2) is 4.98 Å². The van der Waals surface area contributed by atoms with E-state index < -0.39 is 11.8 Å². The number of carbonyl (C=O) groups is 3. The third kappa shape index (κ3) is 4.29. The van der Waals surface area contributed by atoms with E-state index in [0.29, 0.717) is 17.1 Å². The van der Waals surface area contributed by atoms with E-state index in [1.54, 1.807) is 48.3 Å². The summed E-state index contributed by atoms with van der Waals surface area (Å²) in [4.78, 5) is 40.8. The molecule has 0 aliphatic heterocycles. The Kier molecular flexibility index (Phi) is 6.10. The molecule has 0 saturated carbocycles. The number of ketones is 1. The van der Waals surface area contributed by atoms with Gasteiger partial charge in [-0.2, -0.15) is 5.10 Å². The maximum Gasteiger partial charge on any atom is 0.313 e. The summed E-state index contributed by atoms with van der Waals surface area (Å²) in [6.45, 7) is 6.75. The minimum Gasteiger partial charge on any atom is -0.344 e. The first-order valence-corrected chi connectivity index (χ1v) is 9.56. The van der Waals surface area contributed by atoms with E-state index in [4.69, 9.17) is 0 Å². The van der Waals surface area contributed by atoms with Crippen LogP contribution in [-0.4, -0.2) is 36.9 Å². The molecule has 0 spiro atoms. The Labute approximate surface area is 174 Å². The number of nitrogens with zero attached hydrogens (tertiary/aromatic N) is 4. The van der Waals surface area contributed by atoms with Crippen LogP contribution in [0, 0.1) is 13.8 Å². The van der Waals surface area contributed by atoms with E-state index in [-0.39, 0.29) is 12.3 Å². The first kappa shape index (κ1) is 21.0. The van der Waals surface area contributed by atoms with Gasteiger partial charge in [0, 0.05) is 55.0 Å². The summed E-state index contributed by atoms with van der Waals surface area (Å²) in [5, 5.41) is 9.55. The van der Waals surface area contributed by atoms with Gasteiger partial charge in [0.05, 0.1) is 5.69 Å². The van der Waals surface area contributed by atoms with Crippen molar-refractivity contribution < 1.29 is 14.4 Å². The van der Waals surface area contributed by atoms with E-state index in [1.165, 1.54) is 0 Å². The molecule has 0 fully saturated rings. The molecule has 2 N–H and O–H groups in total. The molecule has 1 aromatic carbocycles. The Morgan fingerprint density at radius 3 is 2.33 bits per heavy atom. The fourth-order valence-corrected chi connectivity index (χ4v) is 3.15. The van der Waals surface area contributed by atoms with Crippen molar-refractivity contribution in [3.05, 3.63) is 65.0 Å². The van der Waals surface area contributed by atoms with Gasteiger partial charge in [0.1, 0.15) is 0 Å². The summed E-state index contributed by atoms with van der Waals surface area (Å²) < 4.78 is 3.49. The zero-order chi connectivity index (χ0) is 21.8. The van der Waals surface area contributed by atoms with Gasteiger partial charge in [-0.1, -0.05) is 0 Å². The van der Waals surface area contributed by atoms with Crippen LogP contribution in [0.15, 0.2) is 36.7 Å². The summed E-state index contributed by atoms with van der Waals surface area (Å²) >= 11 is 0. The van der Waals surface area contributed by atoms with Crippen LogP contribution in [-0.2, 0) is 29.7 Å². The molecule has 0 unspecified atom stereocenters. The number of aryl methyl sites for hydroxylation is 3. The van der Waals surface area contributed by atoms with Crippen LogP contribution in [0.25, 0.3) is 0 Å². The lowest BCUT2D eigenvalue weighted by atomic mass is 10.1. The first-order chi connectivity index (χ1) is 14.3. The van der Waals surface area contributed by atoms with Gasteiger partial charge in [-0.05, 0) is 45.0 Å². The minimum absolute atomic E-state index is 0.223. The van der Waals surface area contributed by atoms with Crippen molar-refractivity contribution in [2.45, 2.75) is 33.9 Å². The summed E-state index contributed by atoms with van der Waals surface area (Å²) in [5.41, 5.74) is 3.53. The van der Waals surface area contributed by atoms with Gasteiger partial charge in [0.15, 0.2) is 5.82 Å². The van der Waals surface area contributed by atoms with E-state index in [2.05, 4.69) is 20.7 Å². The standard InChI is InChI=1S/C21H24N6O3/c1-5-27-14(3)17(13(2)25-27)12-23-20(29)21(30)24-16-8-6-15(7-9-16)18(28)19-22-10-11-26(19)4/h6-11H,5,12H2,1-4H3,(H,23,29)(H,24,30). The van der Waals surface area contributed by atoms with Crippen LogP contribution in [0.1, 0.15) is 40.1 Å². The highest BCUT2D eigenvalue weighted by Crippen LogP contribution is 2.14. The second kappa shape index (κ2) is 8.73. The highest BCUT2D eigenvalue weighted by atomic mass is 16.2. The third-order valence-electron chi connectivity index (χ3n) is 4.89. The van der Waals surface area contributed by atoms with Crippen LogP contribution in [0.5, 0.6) is 0 Å². The number of aromatic nitrogens is 4. The van der Waals surface area contributed by atoms with E-state index >= 15 is 0 Å². The van der Waals surface area contributed by atoms with Crippen molar-refractivity contribution in [1.29, 1.82) is 0 Å². The van der Waals surface area contributed by atoms with Crippen LogP contribution >= 0.6 is 0 Å². The molecule has 30 heavy (non-hydrogen) atoms. The molecule has 2 heterocycles. The molecule has 156 valence electrons. The fraction of sp³-hybridized carbons (Fsp3) is 0.286. The zero-order valence-electron chi connectivity index (χ0n) is 17.4. The van der Waals surface area contributed by atoms with Gasteiger partial charge in [-0.3, -0.25) is 19.1 Å². The van der Waals surface area contributed by atoms with Crippen molar-refractivity contribution in [2.75, 3.05) is 5.32 Å². The topological polar surface area (TPSA) is 111 Å². The van der Waals surface area contributed by atoms with Crippen LogP contribution in [0.3, 0.4) is 0 Å². The Bertz CT molecular complexity index is 1090. The number of nitrogens with one attached hydrogen (secondary N) is 2. The maximum absolute atomic E-state index is 12.4. The predicted octanol–water partition coefficient (Wildman–Crippen LogP) is 1.74. The van der Waals surface area contributed by atoms with Crippen LogP contribution in [0.4, 0.5) is 5.69 Å². The minimum atomic E-state index is -0.781. The predicted molar refractivity (Wildman–Crippen MR) is 111 cm³/mol.